The molecule has 1 N–H and O–H groups in total. The summed E-state index contributed by atoms with van der Waals surface area (Å²) in [6, 6.07) is 4.07. The average molecular weight is 374 g/mol. The summed E-state index contributed by atoms with van der Waals surface area (Å²) in [4.78, 5) is 12.9. The Morgan fingerprint density at radius 3 is 2.24 bits per heavy atom. The van der Waals surface area contributed by atoms with Crippen LogP contribution in [0.1, 0.15) is 76.0 Å². The Balaban J connectivity index is 1.89. The van der Waals surface area contributed by atoms with Crippen LogP contribution in [-0.4, -0.2) is 5.91 Å². The molecular formula is C17H28BrNOS. The second-order valence-electron chi connectivity index (χ2n) is 5.56. The first kappa shape index (κ1) is 18.7. The first-order valence-corrected chi connectivity index (χ1v) is 9.84. The molecule has 0 unspecified atom stereocenters. The molecule has 1 amide bonds. The highest BCUT2D eigenvalue weighted by molar-refractivity contribution is 9.11. The zero-order chi connectivity index (χ0) is 15.3. The minimum absolute atomic E-state index is 0.183. The first-order valence-electron chi connectivity index (χ1n) is 8.23. The Bertz CT molecular complexity index is 392. The summed E-state index contributed by atoms with van der Waals surface area (Å²) in [5.41, 5.74) is 0. The maximum atomic E-state index is 11.7. The summed E-state index contributed by atoms with van der Waals surface area (Å²) in [6.45, 7) is 2.91. The second kappa shape index (κ2) is 12.2. The lowest BCUT2D eigenvalue weighted by atomic mass is 10.1. The molecule has 21 heavy (non-hydrogen) atoms. The van der Waals surface area contributed by atoms with Crippen LogP contribution >= 0.6 is 27.3 Å². The number of hydrogen-bond donors (Lipinski definition) is 1. The molecule has 2 nitrogen and oxygen atoms in total. The van der Waals surface area contributed by atoms with Crippen LogP contribution in [0.15, 0.2) is 15.9 Å². The van der Waals surface area contributed by atoms with Crippen LogP contribution in [0.25, 0.3) is 0 Å². The van der Waals surface area contributed by atoms with E-state index < -0.39 is 0 Å². The van der Waals surface area contributed by atoms with Gasteiger partial charge in [-0.2, -0.15) is 0 Å². The van der Waals surface area contributed by atoms with Crippen molar-refractivity contribution in [3.05, 3.63) is 20.8 Å². The van der Waals surface area contributed by atoms with Gasteiger partial charge in [-0.15, -0.1) is 11.3 Å². The van der Waals surface area contributed by atoms with Crippen LogP contribution < -0.4 is 5.32 Å². The molecule has 1 aromatic rings. The van der Waals surface area contributed by atoms with Gasteiger partial charge in [-0.05, 0) is 34.5 Å². The van der Waals surface area contributed by atoms with Crippen LogP contribution in [0.2, 0.25) is 0 Å². The van der Waals surface area contributed by atoms with Gasteiger partial charge in [-0.3, -0.25) is 4.79 Å². The highest BCUT2D eigenvalue weighted by Crippen LogP contribution is 2.21. The van der Waals surface area contributed by atoms with E-state index in [1.54, 1.807) is 11.3 Å². The van der Waals surface area contributed by atoms with E-state index in [-0.39, 0.29) is 5.91 Å². The average Bonchev–Trinajstić information content (AvgIpc) is 2.89. The smallest absolute Gasteiger partial charge is 0.220 e. The van der Waals surface area contributed by atoms with Gasteiger partial charge in [0.05, 0.1) is 10.3 Å². The topological polar surface area (TPSA) is 29.1 Å². The van der Waals surface area contributed by atoms with Crippen molar-refractivity contribution in [1.29, 1.82) is 0 Å². The highest BCUT2D eigenvalue weighted by Gasteiger charge is 2.03. The Hall–Kier alpha value is -0.350. The lowest BCUT2D eigenvalue weighted by Gasteiger charge is -2.04. The molecular weight excluding hydrogens is 346 g/mol. The zero-order valence-electron chi connectivity index (χ0n) is 13.1. The fourth-order valence-corrected chi connectivity index (χ4v) is 3.74. The molecule has 0 bridgehead atoms. The van der Waals surface area contributed by atoms with E-state index in [1.807, 2.05) is 12.1 Å². The van der Waals surface area contributed by atoms with Crippen LogP contribution in [0.5, 0.6) is 0 Å². The fraction of sp³-hybridized carbons (Fsp3) is 0.706. The van der Waals surface area contributed by atoms with E-state index in [0.29, 0.717) is 13.0 Å². The minimum Gasteiger partial charge on any atom is -0.351 e. The summed E-state index contributed by atoms with van der Waals surface area (Å²) < 4.78 is 1.12. The van der Waals surface area contributed by atoms with Gasteiger partial charge in [-0.1, -0.05) is 58.3 Å². The Labute approximate surface area is 141 Å². The number of halogens is 1. The summed E-state index contributed by atoms with van der Waals surface area (Å²) in [6.07, 6.45) is 12.3. The number of hydrogen-bond acceptors (Lipinski definition) is 2. The van der Waals surface area contributed by atoms with Crippen molar-refractivity contribution in [2.45, 2.75) is 77.7 Å². The second-order valence-corrected chi connectivity index (χ2v) is 8.11. The van der Waals surface area contributed by atoms with Gasteiger partial charge in [-0.25, -0.2) is 0 Å². The third-order valence-corrected chi connectivity index (χ3v) is 5.22. The minimum atomic E-state index is 0.183. The fourth-order valence-electron chi connectivity index (χ4n) is 2.32. The number of amides is 1. The molecule has 120 valence electrons. The first-order chi connectivity index (χ1) is 10.2. The standard InChI is InChI=1S/C17H28BrNOS/c1-2-3-4-5-6-7-8-9-10-11-17(20)19-14-15-12-13-16(18)21-15/h12-13H,2-11,14H2,1H3,(H,19,20). The quantitative estimate of drug-likeness (QED) is 0.444. The Morgan fingerprint density at radius 1 is 1.05 bits per heavy atom. The lowest BCUT2D eigenvalue weighted by molar-refractivity contribution is -0.121. The molecule has 0 aliphatic heterocycles. The van der Waals surface area contributed by atoms with Crippen LogP contribution in [0, 0.1) is 0 Å². The van der Waals surface area contributed by atoms with Gasteiger partial charge in [0, 0.05) is 11.3 Å². The van der Waals surface area contributed by atoms with Crippen molar-refractivity contribution < 1.29 is 4.79 Å². The van der Waals surface area contributed by atoms with E-state index in [4.69, 9.17) is 0 Å². The van der Waals surface area contributed by atoms with Gasteiger partial charge in [0.25, 0.3) is 0 Å². The van der Waals surface area contributed by atoms with E-state index in [1.165, 1.54) is 56.2 Å². The molecule has 0 atom stereocenters. The van der Waals surface area contributed by atoms with Crippen molar-refractivity contribution in [2.24, 2.45) is 0 Å². The Kier molecular flexibility index (Phi) is 10.9. The Morgan fingerprint density at radius 2 is 1.67 bits per heavy atom. The number of nitrogens with one attached hydrogen (secondary N) is 1. The lowest BCUT2D eigenvalue weighted by Crippen LogP contribution is -2.21. The van der Waals surface area contributed by atoms with Crippen molar-refractivity contribution in [2.75, 3.05) is 0 Å². The van der Waals surface area contributed by atoms with E-state index in [9.17, 15) is 4.79 Å². The number of carbonyl (C=O) groups excluding carboxylic acids is 1. The molecule has 4 heteroatoms. The summed E-state index contributed by atoms with van der Waals surface area (Å²) >= 11 is 5.11. The van der Waals surface area contributed by atoms with E-state index in [2.05, 4.69) is 28.2 Å². The molecule has 0 fully saturated rings. The third kappa shape index (κ3) is 10.1. The van der Waals surface area contributed by atoms with Crippen molar-refractivity contribution in [3.8, 4) is 0 Å². The molecule has 0 aliphatic rings. The number of rotatable bonds is 12. The highest BCUT2D eigenvalue weighted by atomic mass is 79.9. The summed E-state index contributed by atoms with van der Waals surface area (Å²) in [5.74, 6) is 0.183. The van der Waals surface area contributed by atoms with Crippen LogP contribution in [0.3, 0.4) is 0 Å². The van der Waals surface area contributed by atoms with Crippen molar-refractivity contribution >= 4 is 33.2 Å². The third-order valence-electron chi connectivity index (χ3n) is 3.60. The molecule has 1 rings (SSSR count). The van der Waals surface area contributed by atoms with Crippen LogP contribution in [0.4, 0.5) is 0 Å². The molecule has 0 aliphatic carbocycles. The normalized spacial score (nSPS) is 10.8. The number of unbranched alkanes of at least 4 members (excludes halogenated alkanes) is 8. The molecule has 0 aromatic carbocycles. The predicted octanol–water partition coefficient (Wildman–Crippen LogP) is 6.05. The van der Waals surface area contributed by atoms with Gasteiger partial charge in [0.15, 0.2) is 0 Å². The molecule has 0 radical (unpaired) electrons. The SMILES string of the molecule is CCCCCCCCCCCC(=O)NCc1ccc(Br)s1. The summed E-state index contributed by atoms with van der Waals surface area (Å²) in [5, 5.41) is 2.99. The molecule has 1 aromatic heterocycles. The number of thiophene rings is 1. The monoisotopic (exact) mass is 373 g/mol. The van der Waals surface area contributed by atoms with Gasteiger partial charge in [0.1, 0.15) is 0 Å². The predicted molar refractivity (Wildman–Crippen MR) is 95.7 cm³/mol. The van der Waals surface area contributed by atoms with Crippen molar-refractivity contribution in [3.63, 3.8) is 0 Å². The summed E-state index contributed by atoms with van der Waals surface area (Å²) in [7, 11) is 0. The zero-order valence-corrected chi connectivity index (χ0v) is 15.5. The maximum Gasteiger partial charge on any atom is 0.220 e. The van der Waals surface area contributed by atoms with E-state index in [0.717, 1.165) is 10.2 Å². The largest absolute Gasteiger partial charge is 0.351 e. The van der Waals surface area contributed by atoms with Crippen LogP contribution in [-0.2, 0) is 11.3 Å². The van der Waals surface area contributed by atoms with Gasteiger partial charge in [0.2, 0.25) is 5.91 Å². The number of carbonyl (C=O) groups is 1. The van der Waals surface area contributed by atoms with Crippen molar-refractivity contribution in [1.82, 2.24) is 5.32 Å². The van der Waals surface area contributed by atoms with Gasteiger partial charge < -0.3 is 5.32 Å². The molecule has 1 heterocycles. The van der Waals surface area contributed by atoms with E-state index >= 15 is 0 Å². The van der Waals surface area contributed by atoms with Gasteiger partial charge >= 0.3 is 0 Å². The molecule has 0 saturated heterocycles. The maximum absolute atomic E-state index is 11.7. The molecule has 0 spiro atoms. The molecule has 0 saturated carbocycles.